The zero-order valence-corrected chi connectivity index (χ0v) is 13.4. The van der Waals surface area contributed by atoms with Crippen molar-refractivity contribution in [3.05, 3.63) is 70.6 Å². The Kier molecular flexibility index (Phi) is 5.18. The minimum absolute atomic E-state index is 0.0152. The van der Waals surface area contributed by atoms with Crippen LogP contribution in [0.1, 0.15) is 5.89 Å². The molecule has 0 atom stereocenters. The highest BCUT2D eigenvalue weighted by Gasteiger charge is 2.16. The number of aromatic nitrogens is 2. The van der Waals surface area contributed by atoms with Crippen molar-refractivity contribution in [3.8, 4) is 17.2 Å². The normalized spacial score (nSPS) is 10.3. The van der Waals surface area contributed by atoms with Crippen LogP contribution in [0.3, 0.4) is 0 Å². The molecule has 0 unspecified atom stereocenters. The lowest BCUT2D eigenvalue weighted by molar-refractivity contribution is -0.385. The lowest BCUT2D eigenvalue weighted by Crippen LogP contribution is -2.15. The van der Waals surface area contributed by atoms with Crippen LogP contribution in [0.4, 0.5) is 5.69 Å². The number of ether oxygens (including phenoxy) is 2. The standard InChI is InChI=1S/C17H13N3O6/c21-16(11-24-14-9-5-4-8-13(14)20(22)23)25-10-15-18-19-17(26-15)12-6-2-1-3-7-12/h1-9H,10-11H2. The van der Waals surface area contributed by atoms with E-state index in [0.717, 1.165) is 5.56 Å². The molecule has 132 valence electrons. The lowest BCUT2D eigenvalue weighted by atomic mass is 10.2. The molecule has 0 aliphatic carbocycles. The summed E-state index contributed by atoms with van der Waals surface area (Å²) in [5, 5.41) is 18.5. The molecule has 3 aromatic rings. The van der Waals surface area contributed by atoms with E-state index in [1.807, 2.05) is 30.3 Å². The molecule has 1 heterocycles. The van der Waals surface area contributed by atoms with Crippen LogP contribution in [0.5, 0.6) is 5.75 Å². The molecule has 0 fully saturated rings. The number of nitrogens with zero attached hydrogens (tertiary/aromatic N) is 3. The van der Waals surface area contributed by atoms with E-state index in [2.05, 4.69) is 10.2 Å². The summed E-state index contributed by atoms with van der Waals surface area (Å²) in [7, 11) is 0. The van der Waals surface area contributed by atoms with Gasteiger partial charge in [-0.1, -0.05) is 30.3 Å². The first-order chi connectivity index (χ1) is 12.6. The summed E-state index contributed by atoms with van der Waals surface area (Å²) in [4.78, 5) is 22.0. The maximum absolute atomic E-state index is 11.7. The SMILES string of the molecule is O=C(COc1ccccc1[N+](=O)[O-])OCc1nnc(-c2ccccc2)o1. The van der Waals surface area contributed by atoms with Gasteiger partial charge in [-0.2, -0.15) is 0 Å². The van der Waals surface area contributed by atoms with Gasteiger partial charge in [0.05, 0.1) is 4.92 Å². The van der Waals surface area contributed by atoms with Crippen molar-refractivity contribution in [2.45, 2.75) is 6.61 Å². The summed E-state index contributed by atoms with van der Waals surface area (Å²) in [5.41, 5.74) is 0.516. The minimum atomic E-state index is -0.720. The Labute approximate surface area is 147 Å². The molecule has 9 heteroatoms. The van der Waals surface area contributed by atoms with Gasteiger partial charge in [-0.15, -0.1) is 10.2 Å². The van der Waals surface area contributed by atoms with Crippen LogP contribution in [0.25, 0.3) is 11.5 Å². The molecular weight excluding hydrogens is 342 g/mol. The number of benzene rings is 2. The monoisotopic (exact) mass is 355 g/mol. The summed E-state index contributed by atoms with van der Waals surface area (Å²) in [6.07, 6.45) is 0. The first-order valence-corrected chi connectivity index (χ1v) is 7.53. The highest BCUT2D eigenvalue weighted by Crippen LogP contribution is 2.25. The largest absolute Gasteiger partial charge is 0.475 e. The summed E-state index contributed by atoms with van der Waals surface area (Å²) in [6, 6.07) is 14.9. The molecule has 0 bridgehead atoms. The predicted octanol–water partition coefficient (Wildman–Crippen LogP) is 2.77. The van der Waals surface area contributed by atoms with E-state index in [9.17, 15) is 14.9 Å². The van der Waals surface area contributed by atoms with E-state index in [4.69, 9.17) is 13.9 Å². The van der Waals surface area contributed by atoms with Crippen molar-refractivity contribution in [3.63, 3.8) is 0 Å². The molecular formula is C17H13N3O6. The number of nitro benzene ring substituents is 1. The average Bonchev–Trinajstić information content (AvgIpc) is 3.14. The maximum atomic E-state index is 11.7. The first kappa shape index (κ1) is 17.1. The first-order valence-electron chi connectivity index (χ1n) is 7.53. The summed E-state index contributed by atoms with van der Waals surface area (Å²) < 4.78 is 15.5. The van der Waals surface area contributed by atoms with Gasteiger partial charge in [-0.05, 0) is 18.2 Å². The van der Waals surface area contributed by atoms with Crippen LogP contribution in [-0.4, -0.2) is 27.7 Å². The van der Waals surface area contributed by atoms with Gasteiger partial charge in [-0.3, -0.25) is 10.1 Å². The van der Waals surface area contributed by atoms with Crippen LogP contribution in [0.15, 0.2) is 59.0 Å². The molecule has 0 aliphatic heterocycles. The Morgan fingerprint density at radius 2 is 1.81 bits per heavy atom. The molecule has 0 saturated heterocycles. The number of carbonyl (C=O) groups excluding carboxylic acids is 1. The van der Waals surface area contributed by atoms with Crippen molar-refractivity contribution in [1.29, 1.82) is 0 Å². The Balaban J connectivity index is 1.52. The van der Waals surface area contributed by atoms with Crippen LogP contribution < -0.4 is 4.74 Å². The van der Waals surface area contributed by atoms with Gasteiger partial charge < -0.3 is 13.9 Å². The minimum Gasteiger partial charge on any atom is -0.475 e. The van der Waals surface area contributed by atoms with Crippen LogP contribution in [-0.2, 0) is 16.1 Å². The molecule has 0 amide bonds. The number of rotatable bonds is 7. The van der Waals surface area contributed by atoms with E-state index in [1.54, 1.807) is 6.07 Å². The molecule has 1 aromatic heterocycles. The summed E-state index contributed by atoms with van der Waals surface area (Å²) in [6.45, 7) is -0.705. The average molecular weight is 355 g/mol. The molecule has 0 saturated carbocycles. The smallest absolute Gasteiger partial charge is 0.344 e. The van der Waals surface area contributed by atoms with Gasteiger partial charge in [0.1, 0.15) is 0 Å². The van der Waals surface area contributed by atoms with Crippen molar-refractivity contribution in [2.24, 2.45) is 0 Å². The fraction of sp³-hybridized carbons (Fsp3) is 0.118. The third kappa shape index (κ3) is 4.20. The molecule has 2 aromatic carbocycles. The van der Waals surface area contributed by atoms with E-state index in [0.29, 0.717) is 5.89 Å². The molecule has 3 rings (SSSR count). The Morgan fingerprint density at radius 1 is 1.08 bits per heavy atom. The molecule has 0 N–H and O–H groups in total. The van der Waals surface area contributed by atoms with E-state index < -0.39 is 17.5 Å². The third-order valence-electron chi connectivity index (χ3n) is 3.25. The second-order valence-electron chi connectivity index (χ2n) is 5.04. The Hall–Kier alpha value is -3.75. The highest BCUT2D eigenvalue weighted by molar-refractivity contribution is 5.71. The summed E-state index contributed by atoms with van der Waals surface area (Å²) >= 11 is 0. The van der Waals surface area contributed by atoms with E-state index >= 15 is 0 Å². The van der Waals surface area contributed by atoms with Crippen molar-refractivity contribution in [1.82, 2.24) is 10.2 Å². The zero-order chi connectivity index (χ0) is 18.4. The number of hydrogen-bond acceptors (Lipinski definition) is 8. The van der Waals surface area contributed by atoms with Crippen LogP contribution in [0, 0.1) is 10.1 Å². The fourth-order valence-corrected chi connectivity index (χ4v) is 2.06. The van der Waals surface area contributed by atoms with Gasteiger partial charge >= 0.3 is 11.7 Å². The van der Waals surface area contributed by atoms with E-state index in [1.165, 1.54) is 18.2 Å². The van der Waals surface area contributed by atoms with Gasteiger partial charge in [0.15, 0.2) is 19.0 Å². The number of carbonyl (C=O) groups is 1. The van der Waals surface area contributed by atoms with Crippen LogP contribution >= 0.6 is 0 Å². The second kappa shape index (κ2) is 7.88. The number of esters is 1. The highest BCUT2D eigenvalue weighted by atomic mass is 16.6. The molecule has 0 aliphatic rings. The summed E-state index contributed by atoms with van der Waals surface area (Å²) in [5.74, 6) is -0.295. The Morgan fingerprint density at radius 3 is 2.58 bits per heavy atom. The zero-order valence-electron chi connectivity index (χ0n) is 13.4. The third-order valence-corrected chi connectivity index (χ3v) is 3.25. The van der Waals surface area contributed by atoms with Gasteiger partial charge in [0.2, 0.25) is 5.89 Å². The van der Waals surface area contributed by atoms with Crippen molar-refractivity contribution in [2.75, 3.05) is 6.61 Å². The predicted molar refractivity (Wildman–Crippen MR) is 88.1 cm³/mol. The molecule has 0 spiro atoms. The van der Waals surface area contributed by atoms with Gasteiger partial charge in [-0.25, -0.2) is 4.79 Å². The van der Waals surface area contributed by atoms with Crippen LogP contribution in [0.2, 0.25) is 0 Å². The topological polar surface area (TPSA) is 118 Å². The number of nitro groups is 1. The van der Waals surface area contributed by atoms with Crippen molar-refractivity contribution < 1.29 is 23.6 Å². The second-order valence-corrected chi connectivity index (χ2v) is 5.04. The fourth-order valence-electron chi connectivity index (χ4n) is 2.06. The Bertz CT molecular complexity index is 910. The number of hydrogen-bond donors (Lipinski definition) is 0. The maximum Gasteiger partial charge on any atom is 0.344 e. The quantitative estimate of drug-likeness (QED) is 0.361. The van der Waals surface area contributed by atoms with Gasteiger partial charge in [0, 0.05) is 11.6 Å². The molecule has 9 nitrogen and oxygen atoms in total. The van der Waals surface area contributed by atoms with Gasteiger partial charge in [0.25, 0.3) is 5.89 Å². The molecule has 0 radical (unpaired) electrons. The lowest BCUT2D eigenvalue weighted by Gasteiger charge is -2.06. The van der Waals surface area contributed by atoms with Crippen molar-refractivity contribution >= 4 is 11.7 Å². The van der Waals surface area contributed by atoms with E-state index in [-0.39, 0.29) is 23.9 Å². The molecule has 26 heavy (non-hydrogen) atoms. The number of para-hydroxylation sites is 2.